The van der Waals surface area contributed by atoms with Crippen molar-refractivity contribution >= 4 is 17.9 Å². The second-order valence-electron chi connectivity index (χ2n) is 6.52. The molecule has 0 aromatic heterocycles. The van der Waals surface area contributed by atoms with Gasteiger partial charge in [0.2, 0.25) is 0 Å². The molecular weight excluding hydrogens is 340 g/mol. The number of esters is 3. The Bertz CT molecular complexity index is 699. The number of aliphatic hydroxyl groups is 1. The van der Waals surface area contributed by atoms with Crippen molar-refractivity contribution in [2.45, 2.75) is 58.8 Å². The third-order valence-corrected chi connectivity index (χ3v) is 4.47. The summed E-state index contributed by atoms with van der Waals surface area (Å²) < 4.78 is 15.7. The first-order chi connectivity index (χ1) is 12.2. The minimum Gasteiger partial charge on any atom is -0.461 e. The smallest absolute Gasteiger partial charge is 0.338 e. The lowest BCUT2D eigenvalue weighted by Crippen LogP contribution is -2.26. The normalized spacial score (nSPS) is 30.3. The van der Waals surface area contributed by atoms with Crippen molar-refractivity contribution in [1.29, 1.82) is 0 Å². The molecule has 7 heteroatoms. The highest BCUT2D eigenvalue weighted by Gasteiger charge is 2.34. The standard InChI is InChI=1S/C19H24O7/c1-10-5-6-14-15(9-24-12(3)20)19(23)26-18(14)7-11(2)17(8-16(10)22)25-13(4)21/h5,7,16-18,22H,6,8-9H2,1-4H3/b10-5-,11-7+/t16-,17+,18+/m0/s1. The SMILES string of the molecule is CC(=O)OCC1=C2C/C=C(/C)[C@@H](O)C[C@@H](OC(C)=O)/C(C)=C/[C@H]2OC1=O. The van der Waals surface area contributed by atoms with Crippen molar-refractivity contribution in [1.82, 2.24) is 0 Å². The number of hydrogen-bond donors (Lipinski definition) is 1. The Morgan fingerprint density at radius 1 is 1.23 bits per heavy atom. The Morgan fingerprint density at radius 3 is 2.54 bits per heavy atom. The molecule has 1 N–H and O–H groups in total. The van der Waals surface area contributed by atoms with E-state index in [-0.39, 0.29) is 13.0 Å². The van der Waals surface area contributed by atoms with Gasteiger partial charge in [0, 0.05) is 20.3 Å². The van der Waals surface area contributed by atoms with Crippen LogP contribution >= 0.6 is 0 Å². The molecule has 0 bridgehead atoms. The molecule has 3 atom stereocenters. The highest BCUT2D eigenvalue weighted by molar-refractivity contribution is 5.93. The van der Waals surface area contributed by atoms with Gasteiger partial charge in [-0.15, -0.1) is 0 Å². The largest absolute Gasteiger partial charge is 0.461 e. The molecule has 0 amide bonds. The fourth-order valence-electron chi connectivity index (χ4n) is 2.93. The van der Waals surface area contributed by atoms with Gasteiger partial charge in [-0.25, -0.2) is 4.79 Å². The van der Waals surface area contributed by atoms with Crippen LogP contribution in [0.4, 0.5) is 0 Å². The molecule has 1 aliphatic heterocycles. The number of fused-ring (bicyclic) bond motifs is 1. The Hall–Kier alpha value is -2.41. The Kier molecular flexibility index (Phi) is 6.37. The van der Waals surface area contributed by atoms with E-state index in [1.807, 2.05) is 6.08 Å². The average molecular weight is 364 g/mol. The summed E-state index contributed by atoms with van der Waals surface area (Å²) in [4.78, 5) is 34.7. The Balaban J connectivity index is 2.42. The maximum atomic E-state index is 12.2. The molecule has 26 heavy (non-hydrogen) atoms. The molecule has 1 aliphatic carbocycles. The van der Waals surface area contributed by atoms with Crippen LogP contribution in [0, 0.1) is 0 Å². The highest BCUT2D eigenvalue weighted by atomic mass is 16.6. The molecule has 0 saturated carbocycles. The number of allylic oxidation sites excluding steroid dienone is 1. The van der Waals surface area contributed by atoms with Crippen LogP contribution in [-0.4, -0.2) is 47.9 Å². The molecule has 1 heterocycles. The zero-order valence-electron chi connectivity index (χ0n) is 15.4. The second-order valence-corrected chi connectivity index (χ2v) is 6.52. The lowest BCUT2D eigenvalue weighted by molar-refractivity contribution is -0.146. The molecule has 2 aliphatic rings. The van der Waals surface area contributed by atoms with E-state index in [2.05, 4.69) is 0 Å². The summed E-state index contributed by atoms with van der Waals surface area (Å²) in [6.45, 7) is 5.95. The molecule has 0 fully saturated rings. The monoisotopic (exact) mass is 364 g/mol. The summed E-state index contributed by atoms with van der Waals surface area (Å²) in [5, 5.41) is 10.4. The average Bonchev–Trinajstić information content (AvgIpc) is 2.83. The van der Waals surface area contributed by atoms with Crippen LogP contribution in [0.3, 0.4) is 0 Å². The zero-order chi connectivity index (χ0) is 19.4. The molecule has 0 aromatic rings. The van der Waals surface area contributed by atoms with Crippen molar-refractivity contribution < 1.29 is 33.7 Å². The van der Waals surface area contributed by atoms with E-state index in [0.29, 0.717) is 28.7 Å². The molecule has 0 spiro atoms. The van der Waals surface area contributed by atoms with Crippen molar-refractivity contribution in [3.63, 3.8) is 0 Å². The van der Waals surface area contributed by atoms with E-state index >= 15 is 0 Å². The van der Waals surface area contributed by atoms with Crippen molar-refractivity contribution in [2.24, 2.45) is 0 Å². The molecule has 0 radical (unpaired) electrons. The second kappa shape index (κ2) is 8.31. The van der Waals surface area contributed by atoms with Crippen LogP contribution in [0.5, 0.6) is 0 Å². The summed E-state index contributed by atoms with van der Waals surface area (Å²) in [6, 6.07) is 0. The minimum atomic E-state index is -0.783. The number of ether oxygens (including phenoxy) is 3. The van der Waals surface area contributed by atoms with Crippen LogP contribution < -0.4 is 0 Å². The third kappa shape index (κ3) is 4.82. The first-order valence-electron chi connectivity index (χ1n) is 8.45. The summed E-state index contributed by atoms with van der Waals surface area (Å²) in [5.41, 5.74) is 2.36. The fraction of sp³-hybridized carbons (Fsp3) is 0.526. The zero-order valence-corrected chi connectivity index (χ0v) is 15.4. The van der Waals surface area contributed by atoms with E-state index in [1.54, 1.807) is 19.9 Å². The maximum Gasteiger partial charge on any atom is 0.338 e. The van der Waals surface area contributed by atoms with Crippen LogP contribution in [0.2, 0.25) is 0 Å². The van der Waals surface area contributed by atoms with E-state index in [0.717, 1.165) is 0 Å². The topological polar surface area (TPSA) is 99.1 Å². The fourth-order valence-corrected chi connectivity index (χ4v) is 2.93. The van der Waals surface area contributed by atoms with Gasteiger partial charge >= 0.3 is 17.9 Å². The predicted octanol–water partition coefficient (Wildman–Crippen LogP) is 1.75. The van der Waals surface area contributed by atoms with E-state index in [4.69, 9.17) is 14.2 Å². The van der Waals surface area contributed by atoms with Gasteiger partial charge in [0.15, 0.2) is 0 Å². The van der Waals surface area contributed by atoms with Gasteiger partial charge in [0.1, 0.15) is 18.8 Å². The molecular formula is C19H24O7. The molecule has 142 valence electrons. The number of carbonyl (C=O) groups is 3. The number of rotatable bonds is 3. The lowest BCUT2D eigenvalue weighted by atomic mass is 9.92. The van der Waals surface area contributed by atoms with Gasteiger partial charge < -0.3 is 19.3 Å². The van der Waals surface area contributed by atoms with Crippen LogP contribution in [0.15, 0.2) is 34.4 Å². The van der Waals surface area contributed by atoms with Gasteiger partial charge in [-0.05, 0) is 43.1 Å². The third-order valence-electron chi connectivity index (χ3n) is 4.47. The van der Waals surface area contributed by atoms with Crippen molar-refractivity contribution in [2.75, 3.05) is 6.61 Å². The minimum absolute atomic E-state index is 0.157. The number of carbonyl (C=O) groups excluding carboxylic acids is 3. The van der Waals surface area contributed by atoms with Gasteiger partial charge in [-0.3, -0.25) is 9.59 Å². The summed E-state index contributed by atoms with van der Waals surface area (Å²) in [5.74, 6) is -1.48. The van der Waals surface area contributed by atoms with Crippen LogP contribution in [0.1, 0.15) is 40.5 Å². The molecule has 0 saturated heterocycles. The first-order valence-corrected chi connectivity index (χ1v) is 8.45. The number of aliphatic hydroxyl groups excluding tert-OH is 1. The number of hydrogen-bond acceptors (Lipinski definition) is 7. The summed E-state index contributed by atoms with van der Waals surface area (Å²) >= 11 is 0. The Morgan fingerprint density at radius 2 is 1.92 bits per heavy atom. The van der Waals surface area contributed by atoms with Crippen LogP contribution in [-0.2, 0) is 28.6 Å². The van der Waals surface area contributed by atoms with Gasteiger partial charge in [0.25, 0.3) is 0 Å². The van der Waals surface area contributed by atoms with Crippen LogP contribution in [0.25, 0.3) is 0 Å². The molecule has 0 aromatic carbocycles. The van der Waals surface area contributed by atoms with Gasteiger partial charge in [0.05, 0.1) is 11.7 Å². The van der Waals surface area contributed by atoms with Crippen molar-refractivity contribution in [3.05, 3.63) is 34.4 Å². The lowest BCUT2D eigenvalue weighted by Gasteiger charge is -2.24. The van der Waals surface area contributed by atoms with Gasteiger partial charge in [-0.2, -0.15) is 0 Å². The van der Waals surface area contributed by atoms with E-state index in [1.165, 1.54) is 13.8 Å². The molecule has 2 rings (SSSR count). The van der Waals surface area contributed by atoms with E-state index < -0.39 is 36.2 Å². The van der Waals surface area contributed by atoms with Crippen molar-refractivity contribution in [3.8, 4) is 0 Å². The molecule has 7 nitrogen and oxygen atoms in total. The van der Waals surface area contributed by atoms with Gasteiger partial charge in [-0.1, -0.05) is 6.08 Å². The first kappa shape index (κ1) is 19.9. The maximum absolute atomic E-state index is 12.2. The van der Waals surface area contributed by atoms with E-state index in [9.17, 15) is 19.5 Å². The highest BCUT2D eigenvalue weighted by Crippen LogP contribution is 2.31. The predicted molar refractivity (Wildman–Crippen MR) is 91.8 cm³/mol. The quantitative estimate of drug-likeness (QED) is 0.463. The molecule has 0 unspecified atom stereocenters. The Labute approximate surface area is 152 Å². The summed E-state index contributed by atoms with van der Waals surface area (Å²) in [6.07, 6.45) is 2.11. The summed E-state index contributed by atoms with van der Waals surface area (Å²) in [7, 11) is 0.